The highest BCUT2D eigenvalue weighted by molar-refractivity contribution is 5.89. The molecule has 7 unspecified atom stereocenters. The molecule has 2 heteroatoms. The molecule has 4 aromatic carbocycles. The maximum Gasteiger partial charge on any atom is 0.129 e. The van der Waals surface area contributed by atoms with Crippen molar-refractivity contribution in [1.82, 2.24) is 0 Å². The summed E-state index contributed by atoms with van der Waals surface area (Å²) >= 11 is 0. The number of rotatable bonds is 4. The van der Waals surface area contributed by atoms with Crippen LogP contribution in [-0.2, 0) is 10.2 Å². The van der Waals surface area contributed by atoms with Gasteiger partial charge < -0.3 is 9.64 Å². The van der Waals surface area contributed by atoms with Crippen molar-refractivity contribution in [3.63, 3.8) is 0 Å². The molecule has 0 saturated carbocycles. The Morgan fingerprint density at radius 2 is 1.49 bits per heavy atom. The minimum absolute atomic E-state index is 0.0231. The van der Waals surface area contributed by atoms with E-state index in [1.165, 1.54) is 85.8 Å². The molecular weight excluding hydrogens is 667 g/mol. The first-order chi connectivity index (χ1) is 27.3. The lowest BCUT2D eigenvalue weighted by Gasteiger charge is -2.42. The molecule has 0 aromatic heterocycles. The Bertz CT molecular complexity index is 2520. The molecule has 8 aliphatic rings. The smallest absolute Gasteiger partial charge is 0.129 e. The first-order valence-electron chi connectivity index (χ1n) is 20.7. The third kappa shape index (κ3) is 4.49. The van der Waals surface area contributed by atoms with E-state index in [2.05, 4.69) is 169 Å². The van der Waals surface area contributed by atoms with Gasteiger partial charge in [0.15, 0.2) is 0 Å². The van der Waals surface area contributed by atoms with Crippen LogP contribution in [0.2, 0.25) is 0 Å². The van der Waals surface area contributed by atoms with E-state index in [0.29, 0.717) is 23.7 Å². The maximum absolute atomic E-state index is 6.74. The van der Waals surface area contributed by atoms with Gasteiger partial charge in [-0.2, -0.15) is 0 Å². The predicted octanol–water partition coefficient (Wildman–Crippen LogP) is 12.6. The average Bonchev–Trinajstić information content (AvgIpc) is 3.88. The Labute approximate surface area is 324 Å². The van der Waals surface area contributed by atoms with Gasteiger partial charge in [-0.25, -0.2) is 0 Å². The summed E-state index contributed by atoms with van der Waals surface area (Å²) < 4.78 is 6.74. The molecule has 1 heterocycles. The Kier molecular flexibility index (Phi) is 7.04. The van der Waals surface area contributed by atoms with Crippen molar-refractivity contribution in [2.24, 2.45) is 23.7 Å². The van der Waals surface area contributed by atoms with Gasteiger partial charge in [-0.15, -0.1) is 0 Å². The molecule has 0 amide bonds. The predicted molar refractivity (Wildman–Crippen MR) is 224 cm³/mol. The topological polar surface area (TPSA) is 12.5 Å². The highest BCUT2D eigenvalue weighted by Crippen LogP contribution is 2.67. The van der Waals surface area contributed by atoms with Crippen LogP contribution in [-0.4, -0.2) is 6.10 Å². The van der Waals surface area contributed by atoms with Crippen molar-refractivity contribution < 1.29 is 4.74 Å². The number of anilines is 1. The lowest BCUT2D eigenvalue weighted by molar-refractivity contribution is 0.154. The molecule has 1 spiro atoms. The van der Waals surface area contributed by atoms with Crippen molar-refractivity contribution in [1.29, 1.82) is 0 Å². The number of allylic oxidation sites excluding steroid dienone is 12. The number of benzene rings is 4. The third-order valence-corrected chi connectivity index (χ3v) is 14.2. The van der Waals surface area contributed by atoms with E-state index in [-0.39, 0.29) is 17.4 Å². The molecule has 0 bridgehead atoms. The van der Waals surface area contributed by atoms with E-state index in [9.17, 15) is 0 Å². The molecule has 12 rings (SSSR count). The standard InChI is InChI=1S/C53H45NO/c1-2-14-34(15-3-1)36-28-30-41-42-31-29-37(33-47(42)53(46(41)32-36)44-22-9-6-19-39(44)40-20-7-10-23-45(40)53)54(48-24-12-17-35-16-4-5-18-38(35)48)49-25-13-27-51-52(49)43-21-8-11-26-50(43)55-51/h1-9,13-16,18-22,24-25,27-33,35,38,40,45,51-52H,10-12,17,23,26H2. The van der Waals surface area contributed by atoms with Gasteiger partial charge in [-0.05, 0) is 119 Å². The molecule has 7 aliphatic carbocycles. The summed E-state index contributed by atoms with van der Waals surface area (Å²) in [5, 5.41) is 0. The molecule has 2 nitrogen and oxygen atoms in total. The van der Waals surface area contributed by atoms with E-state index in [1.54, 1.807) is 0 Å². The van der Waals surface area contributed by atoms with Crippen molar-refractivity contribution in [3.8, 4) is 22.3 Å². The summed E-state index contributed by atoms with van der Waals surface area (Å²) in [5.41, 5.74) is 16.4. The van der Waals surface area contributed by atoms with E-state index < -0.39 is 0 Å². The summed E-state index contributed by atoms with van der Waals surface area (Å²) in [5.74, 6) is 3.02. The molecule has 0 N–H and O–H groups in total. The number of fused-ring (bicyclic) bond motifs is 13. The zero-order chi connectivity index (χ0) is 36.1. The lowest BCUT2D eigenvalue weighted by Crippen LogP contribution is -2.38. The summed E-state index contributed by atoms with van der Waals surface area (Å²) in [6.45, 7) is 0. The Morgan fingerprint density at radius 3 is 2.44 bits per heavy atom. The highest BCUT2D eigenvalue weighted by atomic mass is 16.5. The fourth-order valence-corrected chi connectivity index (χ4v) is 12.0. The number of hydrogen-bond acceptors (Lipinski definition) is 2. The molecule has 1 aliphatic heterocycles. The Morgan fingerprint density at radius 1 is 0.636 bits per heavy atom. The van der Waals surface area contributed by atoms with Crippen molar-refractivity contribution in [3.05, 3.63) is 209 Å². The second-order valence-electron chi connectivity index (χ2n) is 16.7. The second-order valence-corrected chi connectivity index (χ2v) is 16.7. The minimum Gasteiger partial charge on any atom is -0.489 e. The molecule has 0 saturated heterocycles. The van der Waals surface area contributed by atoms with Crippen LogP contribution in [0.3, 0.4) is 0 Å². The Balaban J connectivity index is 1.10. The van der Waals surface area contributed by atoms with Crippen LogP contribution in [0.5, 0.6) is 0 Å². The van der Waals surface area contributed by atoms with E-state index in [0.717, 1.165) is 25.7 Å². The first-order valence-corrected chi connectivity index (χ1v) is 20.7. The SMILES string of the molecule is C1=CC2CCC=C(N(C3=CC=CC4OC5=C(C=CCC5)C34)c3ccc4c(c3)C3(c5cc(-c6ccccc6)ccc5-4)c4ccccc4C4C=CCCC43)C2C=C1. The summed E-state index contributed by atoms with van der Waals surface area (Å²) in [7, 11) is 0. The van der Waals surface area contributed by atoms with Crippen LogP contribution < -0.4 is 4.90 Å². The van der Waals surface area contributed by atoms with Crippen LogP contribution in [0.1, 0.15) is 66.7 Å². The fourth-order valence-electron chi connectivity index (χ4n) is 12.0. The quantitative estimate of drug-likeness (QED) is 0.195. The molecular formula is C53H45NO. The van der Waals surface area contributed by atoms with Gasteiger partial charge in [-0.1, -0.05) is 134 Å². The lowest BCUT2D eigenvalue weighted by atomic mass is 9.63. The summed E-state index contributed by atoms with van der Waals surface area (Å²) in [4.78, 5) is 2.69. The van der Waals surface area contributed by atoms with Gasteiger partial charge in [0, 0.05) is 40.9 Å². The maximum atomic E-state index is 6.74. The zero-order valence-electron chi connectivity index (χ0n) is 31.2. The van der Waals surface area contributed by atoms with Crippen LogP contribution in [0, 0.1) is 23.7 Å². The largest absolute Gasteiger partial charge is 0.489 e. The van der Waals surface area contributed by atoms with Crippen molar-refractivity contribution >= 4 is 5.69 Å². The second kappa shape index (κ2) is 12.2. The molecule has 268 valence electrons. The van der Waals surface area contributed by atoms with Crippen LogP contribution in [0.25, 0.3) is 22.3 Å². The van der Waals surface area contributed by atoms with E-state index in [4.69, 9.17) is 4.74 Å². The molecule has 7 atom stereocenters. The van der Waals surface area contributed by atoms with Crippen molar-refractivity contribution in [2.75, 3.05) is 4.90 Å². The molecule has 4 aromatic rings. The molecule has 0 fully saturated rings. The normalized spacial score (nSPS) is 29.7. The minimum atomic E-state index is -0.248. The van der Waals surface area contributed by atoms with Crippen LogP contribution >= 0.6 is 0 Å². The van der Waals surface area contributed by atoms with Gasteiger partial charge in [0.05, 0.1) is 11.3 Å². The summed E-state index contributed by atoms with van der Waals surface area (Å²) in [6, 6.07) is 35.3. The average molecular weight is 712 g/mol. The fraction of sp³-hybridized carbons (Fsp3) is 0.245. The van der Waals surface area contributed by atoms with E-state index >= 15 is 0 Å². The van der Waals surface area contributed by atoms with Gasteiger partial charge >= 0.3 is 0 Å². The zero-order valence-corrected chi connectivity index (χ0v) is 31.2. The van der Waals surface area contributed by atoms with Crippen LogP contribution in [0.15, 0.2) is 187 Å². The number of hydrogen-bond donors (Lipinski definition) is 0. The van der Waals surface area contributed by atoms with Crippen LogP contribution in [0.4, 0.5) is 5.69 Å². The number of ether oxygens (including phenoxy) is 1. The highest BCUT2D eigenvalue weighted by Gasteiger charge is 2.58. The molecule has 0 radical (unpaired) electrons. The van der Waals surface area contributed by atoms with Gasteiger partial charge in [-0.3, -0.25) is 0 Å². The van der Waals surface area contributed by atoms with Crippen molar-refractivity contribution in [2.45, 2.75) is 56.0 Å². The van der Waals surface area contributed by atoms with Gasteiger partial charge in [0.2, 0.25) is 0 Å². The number of nitrogens with zero attached hydrogens (tertiary/aromatic N) is 1. The Hall–Kier alpha value is -5.60. The summed E-state index contributed by atoms with van der Waals surface area (Å²) in [6.07, 6.45) is 35.2. The van der Waals surface area contributed by atoms with E-state index in [1.807, 2.05) is 0 Å². The van der Waals surface area contributed by atoms with Gasteiger partial charge in [0.1, 0.15) is 11.9 Å². The third-order valence-electron chi connectivity index (χ3n) is 14.2. The van der Waals surface area contributed by atoms with Gasteiger partial charge in [0.25, 0.3) is 0 Å². The first kappa shape index (κ1) is 31.7. The molecule has 55 heavy (non-hydrogen) atoms. The monoisotopic (exact) mass is 711 g/mol.